The van der Waals surface area contributed by atoms with E-state index in [0.717, 1.165) is 11.1 Å². The zero-order chi connectivity index (χ0) is 17.9. The van der Waals surface area contributed by atoms with Crippen molar-refractivity contribution in [3.63, 3.8) is 0 Å². The van der Waals surface area contributed by atoms with Crippen LogP contribution in [0.1, 0.15) is 11.1 Å². The van der Waals surface area contributed by atoms with E-state index in [-0.39, 0.29) is 12.8 Å². The highest BCUT2D eigenvalue weighted by Crippen LogP contribution is 2.00. The van der Waals surface area contributed by atoms with E-state index in [9.17, 15) is 19.2 Å². The Morgan fingerprint density at radius 2 is 0.875 bits per heavy atom. The minimum absolute atomic E-state index is 0.0316. The van der Waals surface area contributed by atoms with Crippen LogP contribution in [0.2, 0.25) is 0 Å². The molecule has 6 nitrogen and oxygen atoms in total. The van der Waals surface area contributed by atoms with Crippen LogP contribution in [0.3, 0.4) is 0 Å². The molecular weight excluding hydrogens is 312 g/mol. The minimum atomic E-state index is -1.38. The van der Waals surface area contributed by atoms with Gasteiger partial charge in [-0.3, -0.25) is 9.59 Å². The molecule has 0 aliphatic rings. The summed E-state index contributed by atoms with van der Waals surface area (Å²) in [4.78, 5) is 41.7. The zero-order valence-corrected chi connectivity index (χ0v) is 12.7. The summed E-state index contributed by atoms with van der Waals surface area (Å²) in [6, 6.07) is 17.6. The van der Waals surface area contributed by atoms with Crippen molar-refractivity contribution in [3.8, 4) is 0 Å². The molecule has 0 aromatic heterocycles. The number of aliphatic carboxylic acids is 2. The van der Waals surface area contributed by atoms with Crippen molar-refractivity contribution >= 4 is 23.5 Å². The molecule has 6 heteroatoms. The van der Waals surface area contributed by atoms with E-state index in [1.807, 2.05) is 12.1 Å². The summed E-state index contributed by atoms with van der Waals surface area (Å²) in [5.74, 6) is -4.31. The molecule has 2 N–H and O–H groups in total. The normalized spacial score (nSPS) is 9.33. The Bertz CT molecular complexity index is 643. The van der Waals surface area contributed by atoms with Gasteiger partial charge in [0.25, 0.3) is 0 Å². The maximum absolute atomic E-state index is 10.7. The Labute approximate surface area is 138 Å². The average Bonchev–Trinajstić information content (AvgIpc) is 2.57. The van der Waals surface area contributed by atoms with E-state index < -0.39 is 23.5 Å². The van der Waals surface area contributed by atoms with Gasteiger partial charge in [0.05, 0.1) is 0 Å². The van der Waals surface area contributed by atoms with Crippen molar-refractivity contribution in [1.29, 1.82) is 0 Å². The number of Topliss-reactive ketones (excluding diaryl/α,β-unsaturated/α-hetero) is 2. The maximum atomic E-state index is 10.7. The van der Waals surface area contributed by atoms with Crippen LogP contribution in [0.15, 0.2) is 60.7 Å². The molecule has 0 unspecified atom stereocenters. The van der Waals surface area contributed by atoms with Gasteiger partial charge in [0.2, 0.25) is 11.6 Å². The quantitative estimate of drug-likeness (QED) is 0.782. The summed E-state index contributed by atoms with van der Waals surface area (Å²) in [6.07, 6.45) is -0.0631. The number of carbonyl (C=O) groups excluding carboxylic acids is 2. The predicted octanol–water partition coefficient (Wildman–Crippen LogP) is 1.77. The lowest BCUT2D eigenvalue weighted by Gasteiger charge is -1.94. The summed E-state index contributed by atoms with van der Waals surface area (Å²) < 4.78 is 0. The standard InChI is InChI=1S/2C9H8O3/c2*10-8(9(11)12)6-7-4-2-1-3-5-7/h2*1-5H,6H2,(H,11,12). The number of carbonyl (C=O) groups is 4. The fourth-order valence-electron chi connectivity index (χ4n) is 1.71. The third kappa shape index (κ3) is 7.13. The van der Waals surface area contributed by atoms with Crippen molar-refractivity contribution in [3.05, 3.63) is 71.8 Å². The Kier molecular flexibility index (Phi) is 7.57. The third-order valence-corrected chi connectivity index (χ3v) is 2.89. The number of hydrogen-bond acceptors (Lipinski definition) is 4. The molecule has 0 radical (unpaired) electrons. The second-order valence-electron chi connectivity index (χ2n) is 4.78. The number of hydrogen-bond donors (Lipinski definition) is 2. The van der Waals surface area contributed by atoms with Gasteiger partial charge in [-0.05, 0) is 11.1 Å². The maximum Gasteiger partial charge on any atom is 0.372 e. The Morgan fingerprint density at radius 3 is 1.12 bits per heavy atom. The Balaban J connectivity index is 0.000000240. The smallest absolute Gasteiger partial charge is 0.372 e. The highest BCUT2D eigenvalue weighted by Gasteiger charge is 2.11. The van der Waals surface area contributed by atoms with Crippen molar-refractivity contribution in [2.45, 2.75) is 12.8 Å². The second-order valence-corrected chi connectivity index (χ2v) is 4.78. The van der Waals surface area contributed by atoms with Crippen LogP contribution in [0.5, 0.6) is 0 Å². The average molecular weight is 328 g/mol. The van der Waals surface area contributed by atoms with Gasteiger partial charge in [-0.2, -0.15) is 0 Å². The topological polar surface area (TPSA) is 109 Å². The van der Waals surface area contributed by atoms with Gasteiger partial charge >= 0.3 is 11.9 Å². The number of ketones is 2. The molecule has 124 valence electrons. The first-order valence-corrected chi connectivity index (χ1v) is 7.00. The van der Waals surface area contributed by atoms with Crippen molar-refractivity contribution in [2.24, 2.45) is 0 Å². The molecule has 0 bridgehead atoms. The summed E-state index contributed by atoms with van der Waals surface area (Å²) in [5, 5.41) is 16.6. The summed E-state index contributed by atoms with van der Waals surface area (Å²) in [7, 11) is 0. The first-order valence-electron chi connectivity index (χ1n) is 7.00. The molecular formula is C18H16O6. The summed E-state index contributed by atoms with van der Waals surface area (Å²) >= 11 is 0. The lowest BCUT2D eigenvalue weighted by Crippen LogP contribution is -2.14. The summed E-state index contributed by atoms with van der Waals surface area (Å²) in [6.45, 7) is 0. The fourth-order valence-corrected chi connectivity index (χ4v) is 1.71. The Morgan fingerprint density at radius 1 is 0.583 bits per heavy atom. The minimum Gasteiger partial charge on any atom is -0.475 e. The van der Waals surface area contributed by atoms with Gasteiger partial charge < -0.3 is 10.2 Å². The molecule has 0 fully saturated rings. The number of carboxylic acid groups (broad SMARTS) is 2. The van der Waals surface area contributed by atoms with Gasteiger partial charge in [-0.25, -0.2) is 9.59 Å². The first kappa shape index (κ1) is 18.8. The molecule has 0 atom stereocenters. The monoisotopic (exact) mass is 328 g/mol. The number of rotatable bonds is 6. The largest absolute Gasteiger partial charge is 0.475 e. The third-order valence-electron chi connectivity index (χ3n) is 2.89. The van der Waals surface area contributed by atoms with Crippen LogP contribution in [0.25, 0.3) is 0 Å². The molecule has 0 aliphatic heterocycles. The highest BCUT2D eigenvalue weighted by molar-refractivity contribution is 6.33. The molecule has 0 saturated heterocycles. The van der Waals surface area contributed by atoms with Crippen molar-refractivity contribution < 1.29 is 29.4 Å². The van der Waals surface area contributed by atoms with Gasteiger partial charge in [-0.15, -0.1) is 0 Å². The molecule has 0 amide bonds. The summed E-state index contributed by atoms with van der Waals surface area (Å²) in [5.41, 5.74) is 1.45. The van der Waals surface area contributed by atoms with E-state index in [0.29, 0.717) is 0 Å². The zero-order valence-electron chi connectivity index (χ0n) is 12.7. The highest BCUT2D eigenvalue weighted by atomic mass is 16.4. The van der Waals surface area contributed by atoms with Gasteiger partial charge in [0, 0.05) is 12.8 Å². The first-order chi connectivity index (χ1) is 11.4. The van der Waals surface area contributed by atoms with Crippen molar-refractivity contribution in [2.75, 3.05) is 0 Å². The SMILES string of the molecule is O=C(O)C(=O)Cc1ccccc1.O=C(O)C(=O)Cc1ccccc1. The van der Waals surface area contributed by atoms with E-state index in [2.05, 4.69) is 0 Å². The van der Waals surface area contributed by atoms with E-state index in [1.165, 1.54) is 0 Å². The lowest BCUT2D eigenvalue weighted by atomic mass is 10.1. The molecule has 24 heavy (non-hydrogen) atoms. The number of carboxylic acids is 2. The molecule has 2 aromatic carbocycles. The Hall–Kier alpha value is -3.28. The lowest BCUT2D eigenvalue weighted by molar-refractivity contribution is -0.148. The molecule has 0 spiro atoms. The molecule has 0 heterocycles. The van der Waals surface area contributed by atoms with Crippen LogP contribution < -0.4 is 0 Å². The van der Waals surface area contributed by atoms with Crippen LogP contribution in [0, 0.1) is 0 Å². The van der Waals surface area contributed by atoms with Crippen LogP contribution in [-0.4, -0.2) is 33.7 Å². The van der Waals surface area contributed by atoms with E-state index >= 15 is 0 Å². The molecule has 0 saturated carbocycles. The van der Waals surface area contributed by atoms with E-state index in [4.69, 9.17) is 10.2 Å². The molecule has 2 aromatic rings. The molecule has 2 rings (SSSR count). The van der Waals surface area contributed by atoms with E-state index in [1.54, 1.807) is 48.5 Å². The van der Waals surface area contributed by atoms with Crippen molar-refractivity contribution in [1.82, 2.24) is 0 Å². The van der Waals surface area contributed by atoms with Crippen LogP contribution in [0.4, 0.5) is 0 Å². The van der Waals surface area contributed by atoms with Crippen LogP contribution >= 0.6 is 0 Å². The second kappa shape index (κ2) is 9.68. The predicted molar refractivity (Wildman–Crippen MR) is 85.6 cm³/mol. The van der Waals surface area contributed by atoms with Crippen LogP contribution in [-0.2, 0) is 32.0 Å². The van der Waals surface area contributed by atoms with Gasteiger partial charge in [-0.1, -0.05) is 60.7 Å². The molecule has 0 aliphatic carbocycles. The fraction of sp³-hybridized carbons (Fsp3) is 0.111. The number of benzene rings is 2. The van der Waals surface area contributed by atoms with Gasteiger partial charge in [0.15, 0.2) is 0 Å². The van der Waals surface area contributed by atoms with Gasteiger partial charge in [0.1, 0.15) is 0 Å².